The molecule has 0 spiro atoms. The van der Waals surface area contributed by atoms with Crippen LogP contribution in [0.2, 0.25) is 0 Å². The predicted molar refractivity (Wildman–Crippen MR) is 128 cm³/mol. The van der Waals surface area contributed by atoms with Crippen LogP contribution in [0, 0.1) is 5.82 Å². The number of nitrogens with zero attached hydrogens (tertiary/aromatic N) is 4. The molecule has 3 aromatic heterocycles. The molecule has 0 saturated carbocycles. The molecular formula is C25H20FN7O2. The molecule has 1 amide bonds. The molecule has 9 nitrogen and oxygen atoms in total. The van der Waals surface area contributed by atoms with Crippen molar-refractivity contribution in [2.24, 2.45) is 0 Å². The van der Waals surface area contributed by atoms with Crippen molar-refractivity contribution in [2.75, 3.05) is 11.9 Å². The SMILES string of the molecule is O=C(Nc1cc(-c2ccc(F)cc2)[nH]n1)n1ccc2cc(Oc3ncnc4c3CCNC4)ccc21. The van der Waals surface area contributed by atoms with Gasteiger partial charge in [-0.25, -0.2) is 19.2 Å². The second kappa shape index (κ2) is 8.65. The van der Waals surface area contributed by atoms with E-state index in [0.29, 0.717) is 29.7 Å². The van der Waals surface area contributed by atoms with Crippen molar-refractivity contribution in [1.82, 2.24) is 30.0 Å². The van der Waals surface area contributed by atoms with Gasteiger partial charge in [0.05, 0.1) is 16.9 Å². The van der Waals surface area contributed by atoms with Crippen molar-refractivity contribution in [2.45, 2.75) is 13.0 Å². The number of carbonyl (C=O) groups excluding carboxylic acids is 1. The zero-order valence-electron chi connectivity index (χ0n) is 18.5. The Bertz CT molecular complexity index is 1540. The van der Waals surface area contributed by atoms with Crippen LogP contribution in [-0.4, -0.2) is 37.3 Å². The lowest BCUT2D eigenvalue weighted by Gasteiger charge is -2.18. The number of benzene rings is 2. The number of halogens is 1. The Balaban J connectivity index is 1.20. The smallest absolute Gasteiger partial charge is 0.331 e. The quantitative estimate of drug-likeness (QED) is 0.358. The number of nitrogens with one attached hydrogen (secondary N) is 3. The highest BCUT2D eigenvalue weighted by molar-refractivity contribution is 5.98. The Hall–Kier alpha value is -4.57. The van der Waals surface area contributed by atoms with E-state index in [9.17, 15) is 9.18 Å². The highest BCUT2D eigenvalue weighted by Gasteiger charge is 2.17. The van der Waals surface area contributed by atoms with Gasteiger partial charge in [0.1, 0.15) is 17.9 Å². The van der Waals surface area contributed by atoms with Gasteiger partial charge in [-0.2, -0.15) is 5.10 Å². The third kappa shape index (κ3) is 4.11. The van der Waals surface area contributed by atoms with Gasteiger partial charge < -0.3 is 10.1 Å². The minimum atomic E-state index is -0.358. The van der Waals surface area contributed by atoms with Crippen LogP contribution < -0.4 is 15.4 Å². The molecule has 1 aliphatic heterocycles. The Kier molecular flexibility index (Phi) is 5.19. The number of anilines is 1. The number of amides is 1. The lowest BCUT2D eigenvalue weighted by atomic mass is 10.1. The van der Waals surface area contributed by atoms with Gasteiger partial charge in [-0.1, -0.05) is 0 Å². The Morgan fingerprint density at radius 1 is 1.09 bits per heavy atom. The molecule has 0 fully saturated rings. The minimum absolute atomic E-state index is 0.316. The fourth-order valence-corrected chi connectivity index (χ4v) is 4.15. The summed E-state index contributed by atoms with van der Waals surface area (Å²) >= 11 is 0. The molecule has 0 unspecified atom stereocenters. The zero-order chi connectivity index (χ0) is 23.8. The molecule has 5 aromatic rings. The zero-order valence-corrected chi connectivity index (χ0v) is 18.5. The molecule has 0 bridgehead atoms. The van der Waals surface area contributed by atoms with Crippen molar-refractivity contribution in [1.29, 1.82) is 0 Å². The number of fused-ring (bicyclic) bond motifs is 2. The number of hydrogen-bond acceptors (Lipinski definition) is 6. The lowest BCUT2D eigenvalue weighted by molar-refractivity contribution is 0.254. The van der Waals surface area contributed by atoms with Gasteiger partial charge in [-0.05, 0) is 67.1 Å². The minimum Gasteiger partial charge on any atom is -0.439 e. The van der Waals surface area contributed by atoms with Crippen LogP contribution in [0.5, 0.6) is 11.6 Å². The predicted octanol–water partition coefficient (Wildman–Crippen LogP) is 4.48. The standard InChI is InChI=1S/C25H20FN7O2/c26-17-3-1-15(2-4-17)20-12-23(32-31-20)30-25(34)33-10-8-16-11-18(5-6-22(16)33)35-24-19-7-9-27-13-21(19)28-14-29-24/h1-6,8,10-12,14,27H,7,9,13H2,(H2,30,31,32,34). The maximum atomic E-state index is 13.2. The van der Waals surface area contributed by atoms with Gasteiger partial charge in [-0.3, -0.25) is 15.0 Å². The summed E-state index contributed by atoms with van der Waals surface area (Å²) < 4.78 is 20.7. The van der Waals surface area contributed by atoms with Gasteiger partial charge in [-0.15, -0.1) is 0 Å². The molecule has 2 aromatic carbocycles. The van der Waals surface area contributed by atoms with E-state index < -0.39 is 0 Å². The van der Waals surface area contributed by atoms with E-state index in [1.54, 1.807) is 24.4 Å². The summed E-state index contributed by atoms with van der Waals surface area (Å²) in [7, 11) is 0. The number of ether oxygens (including phenoxy) is 1. The summed E-state index contributed by atoms with van der Waals surface area (Å²) in [6.45, 7) is 1.56. The molecule has 0 atom stereocenters. The number of carbonyl (C=O) groups is 1. The molecule has 10 heteroatoms. The van der Waals surface area contributed by atoms with E-state index in [1.165, 1.54) is 23.0 Å². The van der Waals surface area contributed by atoms with Gasteiger partial charge in [0.25, 0.3) is 0 Å². The number of H-pyrrole nitrogens is 1. The third-order valence-corrected chi connectivity index (χ3v) is 5.90. The summed E-state index contributed by atoms with van der Waals surface area (Å²) in [4.78, 5) is 21.6. The van der Waals surface area contributed by atoms with Crippen LogP contribution >= 0.6 is 0 Å². The maximum absolute atomic E-state index is 13.2. The fraction of sp³-hybridized carbons (Fsp3) is 0.120. The van der Waals surface area contributed by atoms with E-state index in [1.807, 2.05) is 24.3 Å². The Morgan fingerprint density at radius 2 is 1.97 bits per heavy atom. The van der Waals surface area contributed by atoms with Gasteiger partial charge in [0.2, 0.25) is 5.88 Å². The van der Waals surface area contributed by atoms with Gasteiger partial charge >= 0.3 is 6.03 Å². The van der Waals surface area contributed by atoms with E-state index in [4.69, 9.17) is 4.74 Å². The van der Waals surface area contributed by atoms with E-state index in [2.05, 4.69) is 30.8 Å². The van der Waals surface area contributed by atoms with Crippen molar-refractivity contribution in [3.63, 3.8) is 0 Å². The summed E-state index contributed by atoms with van der Waals surface area (Å²) in [5.41, 5.74) is 4.12. The number of rotatable bonds is 4. The van der Waals surface area contributed by atoms with Crippen LogP contribution in [0.4, 0.5) is 15.0 Å². The average Bonchev–Trinajstić information content (AvgIpc) is 3.52. The first-order valence-corrected chi connectivity index (χ1v) is 11.1. The van der Waals surface area contributed by atoms with Crippen molar-refractivity contribution < 1.29 is 13.9 Å². The molecule has 6 rings (SSSR count). The second-order valence-corrected chi connectivity index (χ2v) is 8.14. The molecule has 4 heterocycles. The van der Waals surface area contributed by atoms with Crippen molar-refractivity contribution in [3.05, 3.63) is 84.2 Å². The van der Waals surface area contributed by atoms with E-state index >= 15 is 0 Å². The Morgan fingerprint density at radius 3 is 2.86 bits per heavy atom. The van der Waals surface area contributed by atoms with Gasteiger partial charge in [0.15, 0.2) is 5.82 Å². The summed E-state index contributed by atoms with van der Waals surface area (Å²) in [5.74, 6) is 1.23. The maximum Gasteiger partial charge on any atom is 0.331 e. The highest BCUT2D eigenvalue weighted by atomic mass is 19.1. The summed E-state index contributed by atoms with van der Waals surface area (Å²) in [5, 5.41) is 13.9. The monoisotopic (exact) mass is 469 g/mol. The molecule has 0 radical (unpaired) electrons. The number of aromatic nitrogens is 5. The van der Waals surface area contributed by atoms with Crippen LogP contribution in [0.25, 0.3) is 22.2 Å². The number of hydrogen-bond donors (Lipinski definition) is 3. The van der Waals surface area contributed by atoms with E-state index in [-0.39, 0.29) is 11.8 Å². The topological polar surface area (TPSA) is 110 Å². The largest absolute Gasteiger partial charge is 0.439 e. The highest BCUT2D eigenvalue weighted by Crippen LogP contribution is 2.29. The second-order valence-electron chi connectivity index (χ2n) is 8.14. The summed E-state index contributed by atoms with van der Waals surface area (Å²) in [6.07, 6.45) is 4.01. The lowest BCUT2D eigenvalue weighted by Crippen LogP contribution is -2.25. The van der Waals surface area contributed by atoms with Crippen LogP contribution in [0.15, 0.2) is 67.1 Å². The van der Waals surface area contributed by atoms with Crippen LogP contribution in [0.3, 0.4) is 0 Å². The van der Waals surface area contributed by atoms with E-state index in [0.717, 1.165) is 40.7 Å². The average molecular weight is 469 g/mol. The normalized spacial score (nSPS) is 12.9. The fourth-order valence-electron chi connectivity index (χ4n) is 4.15. The first-order valence-electron chi connectivity index (χ1n) is 11.1. The third-order valence-electron chi connectivity index (χ3n) is 5.90. The van der Waals surface area contributed by atoms with Crippen LogP contribution in [-0.2, 0) is 13.0 Å². The van der Waals surface area contributed by atoms with Crippen LogP contribution in [0.1, 0.15) is 11.3 Å². The first kappa shape index (κ1) is 21.0. The van der Waals surface area contributed by atoms with Crippen molar-refractivity contribution in [3.8, 4) is 22.9 Å². The molecule has 0 saturated heterocycles. The number of aromatic amines is 1. The van der Waals surface area contributed by atoms with Gasteiger partial charge in [0, 0.05) is 29.8 Å². The molecular weight excluding hydrogens is 449 g/mol. The molecule has 174 valence electrons. The molecule has 35 heavy (non-hydrogen) atoms. The molecule has 0 aliphatic carbocycles. The molecule has 3 N–H and O–H groups in total. The van der Waals surface area contributed by atoms with Crippen molar-refractivity contribution >= 4 is 22.8 Å². The first-order chi connectivity index (χ1) is 17.1. The summed E-state index contributed by atoms with van der Waals surface area (Å²) in [6, 6.07) is 14.7. The Labute approximate surface area is 199 Å². The molecule has 1 aliphatic rings.